The Labute approximate surface area is 232 Å². The zero-order valence-electron chi connectivity index (χ0n) is 22.0. The number of carboxylic acids is 1. The summed E-state index contributed by atoms with van der Waals surface area (Å²) in [6.45, 7) is -0.155. The molecule has 3 N–H and O–H groups in total. The van der Waals surface area contributed by atoms with E-state index in [1.54, 1.807) is 12.3 Å². The molecule has 1 aromatic heterocycles. The van der Waals surface area contributed by atoms with Crippen molar-refractivity contribution in [3.63, 3.8) is 0 Å². The number of hydrogen-bond acceptors (Lipinski definition) is 4. The third kappa shape index (κ3) is 5.81. The zero-order chi connectivity index (χ0) is 28.1. The van der Waals surface area contributed by atoms with Crippen molar-refractivity contribution in [1.29, 1.82) is 0 Å². The van der Waals surface area contributed by atoms with Crippen LogP contribution in [-0.2, 0) is 14.4 Å². The van der Waals surface area contributed by atoms with Crippen LogP contribution in [0.25, 0.3) is 10.9 Å². The van der Waals surface area contributed by atoms with Crippen LogP contribution in [0.4, 0.5) is 5.69 Å². The van der Waals surface area contributed by atoms with Gasteiger partial charge in [0, 0.05) is 35.2 Å². The maximum atomic E-state index is 13.4. The Hall–Kier alpha value is -4.72. The van der Waals surface area contributed by atoms with Crippen LogP contribution in [-0.4, -0.2) is 39.8 Å². The Morgan fingerprint density at radius 2 is 1.50 bits per heavy atom. The van der Waals surface area contributed by atoms with E-state index in [0.29, 0.717) is 11.1 Å². The van der Waals surface area contributed by atoms with Crippen molar-refractivity contribution < 1.29 is 24.3 Å². The van der Waals surface area contributed by atoms with E-state index in [4.69, 9.17) is 5.11 Å². The van der Waals surface area contributed by atoms with E-state index in [9.17, 15) is 19.2 Å². The van der Waals surface area contributed by atoms with E-state index < -0.39 is 17.7 Å². The van der Waals surface area contributed by atoms with Crippen molar-refractivity contribution in [2.75, 3.05) is 11.9 Å². The second-order valence-electron chi connectivity index (χ2n) is 10.1. The smallest absolute Gasteiger partial charge is 0.305 e. The highest BCUT2D eigenvalue weighted by Crippen LogP contribution is 2.35. The topological polar surface area (TPSA) is 118 Å². The van der Waals surface area contributed by atoms with Gasteiger partial charge in [0.15, 0.2) is 0 Å². The predicted molar refractivity (Wildman–Crippen MR) is 152 cm³/mol. The van der Waals surface area contributed by atoms with Gasteiger partial charge in [-0.15, -0.1) is 0 Å². The first-order valence-corrected chi connectivity index (χ1v) is 13.5. The largest absolute Gasteiger partial charge is 0.481 e. The number of carboxylic acid groups (broad SMARTS) is 1. The molecule has 0 unspecified atom stereocenters. The van der Waals surface area contributed by atoms with Gasteiger partial charge in [0.05, 0.1) is 18.0 Å². The van der Waals surface area contributed by atoms with Crippen molar-refractivity contribution >= 4 is 40.2 Å². The number of aromatic nitrogens is 1. The first-order valence-electron chi connectivity index (χ1n) is 13.5. The van der Waals surface area contributed by atoms with E-state index in [0.717, 1.165) is 42.3 Å². The molecule has 0 spiro atoms. The molecule has 1 fully saturated rings. The maximum Gasteiger partial charge on any atom is 0.305 e. The summed E-state index contributed by atoms with van der Waals surface area (Å²) in [4.78, 5) is 49.9. The van der Waals surface area contributed by atoms with Crippen LogP contribution in [0.5, 0.6) is 0 Å². The van der Waals surface area contributed by atoms with Gasteiger partial charge in [-0.3, -0.25) is 19.2 Å². The standard InChI is InChI=1S/C32H31N3O5/c36-28(37)17-18-33-32(40)30(38)26-20-35(29(21-9-3-1-4-10-21)22-11-5-2-6-12-22)27-16-15-24(19-25(26)27)34-31(39)23-13-7-8-14-23/h1-6,9-12,15-16,19-20,23,29H,7-8,13-14,17-18H2,(H,33,40)(H,34,39)(H,36,37). The second kappa shape index (κ2) is 12.0. The molecule has 0 atom stereocenters. The number of hydrogen-bond donors (Lipinski definition) is 3. The summed E-state index contributed by atoms with van der Waals surface area (Å²) in [6.07, 6.45) is 5.19. The van der Waals surface area contributed by atoms with Crippen molar-refractivity contribution in [2.45, 2.75) is 38.1 Å². The summed E-state index contributed by atoms with van der Waals surface area (Å²) < 4.78 is 1.97. The normalized spacial score (nSPS) is 13.4. The lowest BCUT2D eigenvalue weighted by atomic mass is 9.98. The quantitative estimate of drug-likeness (QED) is 0.190. The molecule has 3 aromatic carbocycles. The number of fused-ring (bicyclic) bond motifs is 1. The van der Waals surface area contributed by atoms with Gasteiger partial charge in [-0.2, -0.15) is 0 Å². The van der Waals surface area contributed by atoms with Gasteiger partial charge >= 0.3 is 5.97 Å². The van der Waals surface area contributed by atoms with Crippen molar-refractivity contribution in [3.05, 3.63) is 102 Å². The molecule has 2 amide bonds. The fourth-order valence-corrected chi connectivity index (χ4v) is 5.43. The first kappa shape index (κ1) is 26.9. The summed E-state index contributed by atoms with van der Waals surface area (Å²) in [7, 11) is 0. The molecule has 40 heavy (non-hydrogen) atoms. The molecule has 1 heterocycles. The van der Waals surface area contributed by atoms with E-state index in [1.807, 2.05) is 77.4 Å². The number of amides is 2. The van der Waals surface area contributed by atoms with Crippen molar-refractivity contribution in [3.8, 4) is 0 Å². The third-order valence-corrected chi connectivity index (χ3v) is 7.41. The summed E-state index contributed by atoms with van der Waals surface area (Å²) in [5, 5.41) is 14.8. The van der Waals surface area contributed by atoms with Gasteiger partial charge in [0.25, 0.3) is 11.7 Å². The average molecular weight is 538 g/mol. The fourth-order valence-electron chi connectivity index (χ4n) is 5.43. The van der Waals surface area contributed by atoms with Crippen LogP contribution >= 0.6 is 0 Å². The number of carbonyl (C=O) groups is 4. The van der Waals surface area contributed by atoms with Gasteiger partial charge in [-0.1, -0.05) is 73.5 Å². The van der Waals surface area contributed by atoms with E-state index in [1.165, 1.54) is 0 Å². The summed E-state index contributed by atoms with van der Waals surface area (Å²) >= 11 is 0. The minimum absolute atomic E-state index is 0.0260. The summed E-state index contributed by atoms with van der Waals surface area (Å²) in [6, 6.07) is 24.9. The summed E-state index contributed by atoms with van der Waals surface area (Å²) in [5.74, 6) is -2.78. The fraction of sp³-hybridized carbons (Fsp3) is 0.250. The predicted octanol–water partition coefficient (Wildman–Crippen LogP) is 5.18. The van der Waals surface area contributed by atoms with Gasteiger partial charge < -0.3 is 20.3 Å². The minimum Gasteiger partial charge on any atom is -0.481 e. The van der Waals surface area contributed by atoms with E-state index in [2.05, 4.69) is 10.6 Å². The van der Waals surface area contributed by atoms with Gasteiger partial charge in [-0.05, 0) is 42.2 Å². The highest BCUT2D eigenvalue weighted by atomic mass is 16.4. The number of anilines is 1. The number of Topliss-reactive ketones (excluding diaryl/α,β-unsaturated/α-hetero) is 1. The van der Waals surface area contributed by atoms with Crippen LogP contribution in [0.1, 0.15) is 59.6 Å². The number of carbonyl (C=O) groups excluding carboxylic acids is 3. The monoisotopic (exact) mass is 537 g/mol. The number of nitrogens with one attached hydrogen (secondary N) is 2. The van der Waals surface area contributed by atoms with Gasteiger partial charge in [0.1, 0.15) is 0 Å². The second-order valence-corrected chi connectivity index (χ2v) is 10.1. The minimum atomic E-state index is -1.07. The molecule has 204 valence electrons. The van der Waals surface area contributed by atoms with Crippen LogP contribution in [0.3, 0.4) is 0 Å². The van der Waals surface area contributed by atoms with Gasteiger partial charge in [0.2, 0.25) is 5.91 Å². The van der Waals surface area contributed by atoms with Crippen molar-refractivity contribution in [2.24, 2.45) is 5.92 Å². The Balaban J connectivity index is 1.59. The first-order chi connectivity index (χ1) is 19.4. The molecule has 0 aliphatic heterocycles. The molecule has 1 aliphatic carbocycles. The SMILES string of the molecule is O=C(O)CCNC(=O)C(=O)c1cn(C(c2ccccc2)c2ccccc2)c2ccc(NC(=O)C3CCCC3)cc12. The maximum absolute atomic E-state index is 13.4. The van der Waals surface area contributed by atoms with Crippen LogP contribution in [0.2, 0.25) is 0 Å². The molecule has 1 saturated carbocycles. The number of rotatable bonds is 10. The van der Waals surface area contributed by atoms with E-state index in [-0.39, 0.29) is 36.4 Å². The molecule has 8 heteroatoms. The number of nitrogens with zero attached hydrogens (tertiary/aromatic N) is 1. The van der Waals surface area contributed by atoms with Gasteiger partial charge in [-0.25, -0.2) is 0 Å². The number of aliphatic carboxylic acids is 1. The molecular formula is C32H31N3O5. The Morgan fingerprint density at radius 1 is 0.875 bits per heavy atom. The van der Waals surface area contributed by atoms with E-state index >= 15 is 0 Å². The molecule has 5 rings (SSSR count). The highest BCUT2D eigenvalue weighted by molar-refractivity contribution is 6.45. The number of benzene rings is 3. The Kier molecular flexibility index (Phi) is 8.05. The Bertz CT molecular complexity index is 1500. The lowest BCUT2D eigenvalue weighted by Gasteiger charge is -2.21. The van der Waals surface area contributed by atoms with Crippen LogP contribution in [0.15, 0.2) is 85.1 Å². The Morgan fingerprint density at radius 3 is 2.10 bits per heavy atom. The third-order valence-electron chi connectivity index (χ3n) is 7.41. The lowest BCUT2D eigenvalue weighted by molar-refractivity contribution is -0.137. The zero-order valence-corrected chi connectivity index (χ0v) is 22.0. The lowest BCUT2D eigenvalue weighted by Crippen LogP contribution is -2.32. The molecule has 0 saturated heterocycles. The highest BCUT2D eigenvalue weighted by Gasteiger charge is 2.27. The molecule has 0 radical (unpaired) electrons. The van der Waals surface area contributed by atoms with Crippen LogP contribution < -0.4 is 10.6 Å². The van der Waals surface area contributed by atoms with Crippen LogP contribution in [0, 0.1) is 5.92 Å². The molecular weight excluding hydrogens is 506 g/mol. The number of ketones is 1. The molecule has 8 nitrogen and oxygen atoms in total. The molecule has 1 aliphatic rings. The molecule has 4 aromatic rings. The van der Waals surface area contributed by atoms with Crippen molar-refractivity contribution in [1.82, 2.24) is 9.88 Å². The average Bonchev–Trinajstić information content (AvgIpc) is 3.63. The molecule has 0 bridgehead atoms. The summed E-state index contributed by atoms with van der Waals surface area (Å²) in [5.41, 5.74) is 3.44.